The highest BCUT2D eigenvalue weighted by molar-refractivity contribution is 6.34. The topological polar surface area (TPSA) is 75.4 Å². The van der Waals surface area contributed by atoms with Gasteiger partial charge < -0.3 is 14.7 Å². The van der Waals surface area contributed by atoms with Crippen LogP contribution >= 0.6 is 0 Å². The van der Waals surface area contributed by atoms with Gasteiger partial charge in [0.25, 0.3) is 0 Å². The lowest BCUT2D eigenvalue weighted by molar-refractivity contribution is -0.145. The summed E-state index contributed by atoms with van der Waals surface area (Å²) >= 11 is 0. The molecule has 0 fully saturated rings. The number of halogens is 3. The second-order valence-corrected chi connectivity index (χ2v) is 6.28. The molecule has 0 aliphatic rings. The monoisotopic (exact) mass is 383 g/mol. The Balaban J connectivity index is 2.04. The van der Waals surface area contributed by atoms with Gasteiger partial charge in [0.1, 0.15) is 5.76 Å². The van der Waals surface area contributed by atoms with Crippen molar-refractivity contribution in [1.82, 2.24) is 15.4 Å². The molecule has 0 aliphatic carbocycles. The van der Waals surface area contributed by atoms with E-state index < -0.39 is 29.6 Å². The number of hydrogen-bond donors (Lipinski definition) is 1. The summed E-state index contributed by atoms with van der Waals surface area (Å²) in [5, 5.41) is 6.21. The highest BCUT2D eigenvalue weighted by atomic mass is 19.4. The zero-order valence-electron chi connectivity index (χ0n) is 15.3. The van der Waals surface area contributed by atoms with Gasteiger partial charge in [-0.25, -0.2) is 0 Å². The van der Waals surface area contributed by atoms with Crippen molar-refractivity contribution >= 4 is 11.8 Å². The number of carbonyl (C=O) groups excluding carboxylic acids is 2. The van der Waals surface area contributed by atoms with E-state index in [0.29, 0.717) is 17.0 Å². The van der Waals surface area contributed by atoms with Crippen molar-refractivity contribution < 1.29 is 27.3 Å². The van der Waals surface area contributed by atoms with Crippen LogP contribution in [0.25, 0.3) is 0 Å². The van der Waals surface area contributed by atoms with Gasteiger partial charge in [0.05, 0.1) is 23.8 Å². The highest BCUT2D eigenvalue weighted by Crippen LogP contribution is 2.30. The van der Waals surface area contributed by atoms with E-state index in [9.17, 15) is 22.8 Å². The number of amides is 2. The Bertz CT molecular complexity index is 826. The van der Waals surface area contributed by atoms with Crippen LogP contribution in [0.3, 0.4) is 0 Å². The first-order chi connectivity index (χ1) is 12.5. The molecule has 2 rings (SSSR count). The average molecular weight is 383 g/mol. The molecule has 146 valence electrons. The summed E-state index contributed by atoms with van der Waals surface area (Å²) in [4.78, 5) is 25.6. The maximum absolute atomic E-state index is 12.8. The van der Waals surface area contributed by atoms with E-state index in [1.54, 1.807) is 13.8 Å². The van der Waals surface area contributed by atoms with Gasteiger partial charge in [-0.05, 0) is 38.5 Å². The lowest BCUT2D eigenvalue weighted by Gasteiger charge is -2.19. The van der Waals surface area contributed by atoms with Gasteiger partial charge in [0.15, 0.2) is 0 Å². The Morgan fingerprint density at radius 1 is 1.30 bits per heavy atom. The summed E-state index contributed by atoms with van der Waals surface area (Å²) in [6, 6.07) is 3.84. The Labute approximate surface area is 154 Å². The van der Waals surface area contributed by atoms with E-state index in [1.807, 2.05) is 0 Å². The SMILES string of the molecule is Cc1noc(C)c1CN(C)C(=O)C(=O)N[C@@H](C)c1cccc(C(F)(F)F)c1. The number of aromatic nitrogens is 1. The van der Waals surface area contributed by atoms with Crippen LogP contribution in [0.4, 0.5) is 13.2 Å². The summed E-state index contributed by atoms with van der Waals surface area (Å²) in [6.07, 6.45) is -4.48. The van der Waals surface area contributed by atoms with Gasteiger partial charge in [-0.2, -0.15) is 13.2 Å². The lowest BCUT2D eigenvalue weighted by atomic mass is 10.0. The van der Waals surface area contributed by atoms with E-state index in [4.69, 9.17) is 4.52 Å². The zero-order chi connectivity index (χ0) is 20.4. The van der Waals surface area contributed by atoms with Crippen molar-refractivity contribution in [3.05, 3.63) is 52.4 Å². The van der Waals surface area contributed by atoms with Gasteiger partial charge in [-0.1, -0.05) is 17.3 Å². The summed E-state index contributed by atoms with van der Waals surface area (Å²) in [6.45, 7) is 5.06. The molecule has 0 saturated heterocycles. The number of likely N-dealkylation sites (N-methyl/N-ethyl adjacent to an activating group) is 1. The Hall–Kier alpha value is -2.84. The minimum Gasteiger partial charge on any atom is -0.361 e. The Morgan fingerprint density at radius 2 is 1.96 bits per heavy atom. The molecule has 9 heteroatoms. The molecule has 0 saturated carbocycles. The normalized spacial score (nSPS) is 12.6. The van der Waals surface area contributed by atoms with Gasteiger partial charge in [-0.15, -0.1) is 0 Å². The van der Waals surface area contributed by atoms with E-state index in [0.717, 1.165) is 12.1 Å². The summed E-state index contributed by atoms with van der Waals surface area (Å²) in [5.74, 6) is -1.17. The first-order valence-corrected chi connectivity index (χ1v) is 8.15. The highest BCUT2D eigenvalue weighted by Gasteiger charge is 2.31. The zero-order valence-corrected chi connectivity index (χ0v) is 15.3. The fourth-order valence-corrected chi connectivity index (χ4v) is 2.54. The molecule has 1 heterocycles. The van der Waals surface area contributed by atoms with Crippen molar-refractivity contribution in [3.8, 4) is 0 Å². The van der Waals surface area contributed by atoms with Crippen LogP contribution in [-0.2, 0) is 22.3 Å². The molecule has 2 aromatic rings. The number of rotatable bonds is 4. The molecule has 27 heavy (non-hydrogen) atoms. The van der Waals surface area contributed by atoms with E-state index in [1.165, 1.54) is 31.0 Å². The molecule has 1 atom stereocenters. The summed E-state index contributed by atoms with van der Waals surface area (Å²) < 4.78 is 43.5. The molecule has 0 unspecified atom stereocenters. The molecule has 0 spiro atoms. The van der Waals surface area contributed by atoms with Crippen molar-refractivity contribution in [2.75, 3.05) is 7.05 Å². The molecular formula is C18H20F3N3O3. The number of carbonyl (C=O) groups is 2. The fraction of sp³-hybridized carbons (Fsp3) is 0.389. The third-order valence-corrected chi connectivity index (χ3v) is 4.18. The average Bonchev–Trinajstić information content (AvgIpc) is 2.92. The molecule has 1 aromatic heterocycles. The standard InChI is InChI=1S/C18H20F3N3O3/c1-10(13-6-5-7-14(8-13)18(19,20)21)22-16(25)17(26)24(4)9-15-11(2)23-27-12(15)3/h5-8,10H,9H2,1-4H3,(H,22,25)/t10-/m0/s1. The van der Waals surface area contributed by atoms with Gasteiger partial charge in [0.2, 0.25) is 0 Å². The van der Waals surface area contributed by atoms with Gasteiger partial charge >= 0.3 is 18.0 Å². The van der Waals surface area contributed by atoms with E-state index in [2.05, 4.69) is 10.5 Å². The van der Waals surface area contributed by atoms with Gasteiger partial charge in [-0.3, -0.25) is 9.59 Å². The van der Waals surface area contributed by atoms with Crippen LogP contribution in [0.15, 0.2) is 28.8 Å². The molecule has 2 amide bonds. The van der Waals surface area contributed by atoms with E-state index >= 15 is 0 Å². The smallest absolute Gasteiger partial charge is 0.361 e. The maximum Gasteiger partial charge on any atom is 0.416 e. The van der Waals surface area contributed by atoms with Crippen LogP contribution in [0, 0.1) is 13.8 Å². The second-order valence-electron chi connectivity index (χ2n) is 6.28. The maximum atomic E-state index is 12.8. The Kier molecular flexibility index (Phi) is 5.92. The number of benzene rings is 1. The molecular weight excluding hydrogens is 363 g/mol. The van der Waals surface area contributed by atoms with Crippen LogP contribution < -0.4 is 5.32 Å². The quantitative estimate of drug-likeness (QED) is 0.823. The molecule has 6 nitrogen and oxygen atoms in total. The predicted molar refractivity (Wildman–Crippen MR) is 90.5 cm³/mol. The molecule has 0 radical (unpaired) electrons. The van der Waals surface area contributed by atoms with Crippen molar-refractivity contribution in [3.63, 3.8) is 0 Å². The summed E-state index contributed by atoms with van der Waals surface area (Å²) in [5.41, 5.74) is 0.747. The van der Waals surface area contributed by atoms with Crippen molar-refractivity contribution in [2.45, 2.75) is 39.5 Å². The number of alkyl halides is 3. The number of nitrogens with one attached hydrogen (secondary N) is 1. The minimum atomic E-state index is -4.48. The largest absolute Gasteiger partial charge is 0.416 e. The van der Waals surface area contributed by atoms with Crippen molar-refractivity contribution in [1.29, 1.82) is 0 Å². The predicted octanol–water partition coefficient (Wildman–Crippen LogP) is 3.15. The molecule has 0 aliphatic heterocycles. The lowest BCUT2D eigenvalue weighted by Crippen LogP contribution is -2.41. The van der Waals surface area contributed by atoms with Crippen molar-refractivity contribution in [2.24, 2.45) is 0 Å². The number of hydrogen-bond acceptors (Lipinski definition) is 4. The first-order valence-electron chi connectivity index (χ1n) is 8.15. The van der Waals surface area contributed by atoms with Gasteiger partial charge in [0, 0.05) is 12.6 Å². The Morgan fingerprint density at radius 3 is 2.52 bits per heavy atom. The second kappa shape index (κ2) is 7.81. The summed E-state index contributed by atoms with van der Waals surface area (Å²) in [7, 11) is 1.45. The van der Waals surface area contributed by atoms with Crippen LogP contribution in [0.5, 0.6) is 0 Å². The first kappa shape index (κ1) is 20.5. The number of aryl methyl sites for hydroxylation is 2. The van der Waals surface area contributed by atoms with Crippen LogP contribution in [0.2, 0.25) is 0 Å². The molecule has 1 aromatic carbocycles. The van der Waals surface area contributed by atoms with E-state index in [-0.39, 0.29) is 12.1 Å². The third kappa shape index (κ3) is 4.87. The van der Waals surface area contributed by atoms with Crippen LogP contribution in [0.1, 0.15) is 41.1 Å². The molecule has 0 bridgehead atoms. The minimum absolute atomic E-state index is 0.130. The van der Waals surface area contributed by atoms with Crippen LogP contribution in [-0.4, -0.2) is 28.9 Å². The molecule has 1 N–H and O–H groups in total. The third-order valence-electron chi connectivity index (χ3n) is 4.18. The fourth-order valence-electron chi connectivity index (χ4n) is 2.54. The number of nitrogens with zero attached hydrogens (tertiary/aromatic N) is 2.